The first-order valence-corrected chi connectivity index (χ1v) is 13.4. The van der Waals surface area contributed by atoms with Crippen LogP contribution in [0.1, 0.15) is 15.9 Å². The molecular formula is C30H27F3N6O4. The first-order chi connectivity index (χ1) is 20.7. The van der Waals surface area contributed by atoms with Gasteiger partial charge in [-0.2, -0.15) is 18.2 Å². The van der Waals surface area contributed by atoms with Gasteiger partial charge in [0.15, 0.2) is 0 Å². The second-order valence-corrected chi connectivity index (χ2v) is 9.58. The van der Waals surface area contributed by atoms with Crippen molar-refractivity contribution >= 4 is 35.0 Å². The van der Waals surface area contributed by atoms with Crippen LogP contribution in [-0.4, -0.2) is 71.0 Å². The molecule has 2 aliphatic heterocycles. The number of hydrogen-bond donors (Lipinski definition) is 2. The lowest BCUT2D eigenvalue weighted by atomic mass is 10.0. The molecule has 2 aromatic heterocycles. The molecule has 0 bridgehead atoms. The van der Waals surface area contributed by atoms with E-state index in [0.29, 0.717) is 24.7 Å². The van der Waals surface area contributed by atoms with Crippen LogP contribution in [0.3, 0.4) is 0 Å². The summed E-state index contributed by atoms with van der Waals surface area (Å²) in [7, 11) is 0. The molecule has 4 aromatic rings. The van der Waals surface area contributed by atoms with E-state index in [0.717, 1.165) is 60.1 Å². The third-order valence-electron chi connectivity index (χ3n) is 6.76. The summed E-state index contributed by atoms with van der Waals surface area (Å²) in [5.41, 5.74) is 5.26. The minimum Gasteiger partial charge on any atom is -0.475 e. The third kappa shape index (κ3) is 7.07. The monoisotopic (exact) mass is 592 g/mol. The summed E-state index contributed by atoms with van der Waals surface area (Å²) < 4.78 is 37.3. The van der Waals surface area contributed by atoms with Gasteiger partial charge in [-0.15, -0.1) is 0 Å². The highest BCUT2D eigenvalue weighted by molar-refractivity contribution is 6.05. The number of carboxylic acids is 1. The largest absolute Gasteiger partial charge is 0.490 e. The van der Waals surface area contributed by atoms with Crippen molar-refractivity contribution in [3.8, 4) is 11.3 Å². The average Bonchev–Trinajstić information content (AvgIpc) is 3.46. The summed E-state index contributed by atoms with van der Waals surface area (Å²) in [6, 6.07) is 21.1. The molecule has 0 spiro atoms. The Labute approximate surface area is 244 Å². The number of carboxylic acid groups (broad SMARTS) is 1. The molecule has 6 rings (SSSR count). The smallest absolute Gasteiger partial charge is 0.475 e. The van der Waals surface area contributed by atoms with Crippen molar-refractivity contribution in [2.45, 2.75) is 12.6 Å². The fourth-order valence-electron chi connectivity index (χ4n) is 4.69. The molecular weight excluding hydrogens is 565 g/mol. The molecule has 10 nitrogen and oxygen atoms in total. The molecule has 2 aliphatic rings. The molecule has 0 atom stereocenters. The van der Waals surface area contributed by atoms with Gasteiger partial charge < -0.3 is 25.0 Å². The number of rotatable bonds is 5. The zero-order valence-corrected chi connectivity index (χ0v) is 22.8. The van der Waals surface area contributed by atoms with Gasteiger partial charge in [0, 0.05) is 60.1 Å². The van der Waals surface area contributed by atoms with Crippen molar-refractivity contribution in [1.82, 2.24) is 15.0 Å². The number of aromatic nitrogens is 3. The van der Waals surface area contributed by atoms with Gasteiger partial charge in [0.25, 0.3) is 5.91 Å². The third-order valence-corrected chi connectivity index (χ3v) is 6.76. The van der Waals surface area contributed by atoms with E-state index in [4.69, 9.17) is 24.6 Å². The second kappa shape index (κ2) is 12.9. The Morgan fingerprint density at radius 3 is 2.28 bits per heavy atom. The van der Waals surface area contributed by atoms with Crippen molar-refractivity contribution in [2.24, 2.45) is 0 Å². The lowest BCUT2D eigenvalue weighted by Gasteiger charge is -2.28. The zero-order valence-electron chi connectivity index (χ0n) is 22.8. The summed E-state index contributed by atoms with van der Waals surface area (Å²) in [6.45, 7) is 3.60. The zero-order chi connectivity index (χ0) is 30.4. The van der Waals surface area contributed by atoms with Gasteiger partial charge in [0.05, 0.1) is 18.9 Å². The number of ether oxygens (including phenoxy) is 1. The van der Waals surface area contributed by atoms with Crippen molar-refractivity contribution in [3.63, 3.8) is 0 Å². The second-order valence-electron chi connectivity index (χ2n) is 9.58. The Bertz CT molecular complexity index is 1580. The van der Waals surface area contributed by atoms with Crippen LogP contribution in [0.4, 0.5) is 36.3 Å². The number of para-hydroxylation sites is 1. The summed E-state index contributed by atoms with van der Waals surface area (Å²) in [5, 5.41) is 10.1. The predicted octanol–water partition coefficient (Wildman–Crippen LogP) is 4.96. The highest BCUT2D eigenvalue weighted by atomic mass is 19.4. The number of carbonyl (C=O) groups is 2. The number of nitrogens with one attached hydrogen (secondary N) is 1. The number of benzene rings is 2. The molecule has 13 heteroatoms. The molecule has 0 radical (unpaired) electrons. The number of morpholine rings is 1. The highest BCUT2D eigenvalue weighted by Crippen LogP contribution is 2.39. The summed E-state index contributed by atoms with van der Waals surface area (Å²) in [6.07, 6.45) is -0.670. The van der Waals surface area contributed by atoms with E-state index in [9.17, 15) is 18.0 Å². The SMILES string of the molecule is O=C(Nc1ccccc1)c1cccc(-c2nc(N3CCOCC3)nc3c2CCN3c2ccncc2)c1.O=C(O)C(F)(F)F. The van der Waals surface area contributed by atoms with Gasteiger partial charge in [-0.05, 0) is 42.8 Å². The Hall–Kier alpha value is -5.04. The topological polar surface area (TPSA) is 121 Å². The number of nitrogens with zero attached hydrogens (tertiary/aromatic N) is 5. The van der Waals surface area contributed by atoms with Crippen LogP contribution in [0.5, 0.6) is 0 Å². The van der Waals surface area contributed by atoms with Crippen molar-refractivity contribution in [3.05, 3.63) is 90.3 Å². The minimum absolute atomic E-state index is 0.152. The van der Waals surface area contributed by atoms with E-state index in [1.165, 1.54) is 0 Å². The number of carbonyl (C=O) groups excluding carboxylic acids is 1. The average molecular weight is 593 g/mol. The number of hydrogen-bond acceptors (Lipinski definition) is 8. The van der Waals surface area contributed by atoms with E-state index in [-0.39, 0.29) is 5.91 Å². The van der Waals surface area contributed by atoms with Crippen molar-refractivity contribution in [2.75, 3.05) is 48.0 Å². The predicted molar refractivity (Wildman–Crippen MR) is 154 cm³/mol. The fourth-order valence-corrected chi connectivity index (χ4v) is 4.69. The first-order valence-electron chi connectivity index (χ1n) is 13.4. The van der Waals surface area contributed by atoms with Gasteiger partial charge in [-0.1, -0.05) is 30.3 Å². The van der Waals surface area contributed by atoms with E-state index >= 15 is 0 Å². The molecule has 4 heterocycles. The molecule has 1 saturated heterocycles. The first kappa shape index (κ1) is 29.5. The van der Waals surface area contributed by atoms with E-state index < -0.39 is 12.1 Å². The summed E-state index contributed by atoms with van der Waals surface area (Å²) in [5.74, 6) is -1.31. The maximum Gasteiger partial charge on any atom is 0.490 e. The van der Waals surface area contributed by atoms with Crippen LogP contribution in [-0.2, 0) is 16.0 Å². The Morgan fingerprint density at radius 1 is 0.907 bits per heavy atom. The maximum absolute atomic E-state index is 13.0. The van der Waals surface area contributed by atoms with Gasteiger partial charge in [0.2, 0.25) is 5.95 Å². The normalized spacial score (nSPS) is 14.4. The van der Waals surface area contributed by atoms with Gasteiger partial charge in [-0.25, -0.2) is 9.78 Å². The molecule has 222 valence electrons. The van der Waals surface area contributed by atoms with E-state index in [2.05, 4.69) is 20.1 Å². The van der Waals surface area contributed by atoms with Gasteiger partial charge >= 0.3 is 12.1 Å². The highest BCUT2D eigenvalue weighted by Gasteiger charge is 2.38. The molecule has 0 unspecified atom stereocenters. The minimum atomic E-state index is -5.08. The van der Waals surface area contributed by atoms with Crippen molar-refractivity contribution < 1.29 is 32.6 Å². The Balaban J connectivity index is 0.000000472. The fraction of sp³-hybridized carbons (Fsp3) is 0.233. The number of aliphatic carboxylic acids is 1. The van der Waals surface area contributed by atoms with Crippen LogP contribution in [0, 0.1) is 0 Å². The summed E-state index contributed by atoms with van der Waals surface area (Å²) >= 11 is 0. The Morgan fingerprint density at radius 2 is 1.60 bits per heavy atom. The molecule has 43 heavy (non-hydrogen) atoms. The Kier molecular flexibility index (Phi) is 8.81. The standard InChI is InChI=1S/C28H26N6O2.C2HF3O2/c35-27(30-22-7-2-1-3-8-22)21-6-4-5-20(19-21)25-24-11-14-34(23-9-12-29-13-10-23)26(24)32-28(31-25)33-15-17-36-18-16-33;3-2(4,5)1(6)7/h1-10,12-13,19H,11,14-18H2,(H,30,35);(H,6,7). The van der Waals surface area contributed by atoms with Crippen LogP contribution in [0.25, 0.3) is 11.3 Å². The lowest BCUT2D eigenvalue weighted by molar-refractivity contribution is -0.192. The quantitative estimate of drug-likeness (QED) is 0.332. The summed E-state index contributed by atoms with van der Waals surface area (Å²) in [4.78, 5) is 40.5. The maximum atomic E-state index is 13.0. The number of anilines is 4. The van der Waals surface area contributed by atoms with Gasteiger partial charge in [0.1, 0.15) is 5.82 Å². The van der Waals surface area contributed by atoms with Crippen molar-refractivity contribution in [1.29, 1.82) is 0 Å². The number of fused-ring (bicyclic) bond motifs is 1. The van der Waals surface area contributed by atoms with Gasteiger partial charge in [-0.3, -0.25) is 9.78 Å². The van der Waals surface area contributed by atoms with Crippen LogP contribution < -0.4 is 15.1 Å². The number of amides is 1. The van der Waals surface area contributed by atoms with Crippen LogP contribution in [0.15, 0.2) is 79.1 Å². The van der Waals surface area contributed by atoms with E-state index in [1.807, 2.05) is 66.7 Å². The molecule has 1 fully saturated rings. The number of halogens is 3. The van der Waals surface area contributed by atoms with Crippen LogP contribution in [0.2, 0.25) is 0 Å². The lowest BCUT2D eigenvalue weighted by Crippen LogP contribution is -2.37. The molecule has 0 saturated carbocycles. The van der Waals surface area contributed by atoms with E-state index in [1.54, 1.807) is 12.4 Å². The molecule has 0 aliphatic carbocycles. The molecule has 2 aromatic carbocycles. The molecule has 2 N–H and O–H groups in total. The number of pyridine rings is 1. The number of alkyl halides is 3. The van der Waals surface area contributed by atoms with Crippen LogP contribution >= 0.6 is 0 Å². The molecule has 1 amide bonds.